The Balaban J connectivity index is 2.44. The summed E-state index contributed by atoms with van der Waals surface area (Å²) in [5.74, 6) is -0.814. The Morgan fingerprint density at radius 2 is 1.55 bits per heavy atom. The van der Waals surface area contributed by atoms with Crippen molar-refractivity contribution in [3.05, 3.63) is 59.2 Å². The Labute approximate surface area is 239 Å². The molecule has 0 saturated carbocycles. The Morgan fingerprint density at radius 1 is 0.950 bits per heavy atom. The second-order valence-corrected chi connectivity index (χ2v) is 11.4. The average Bonchev–Trinajstić information content (AvgIpc) is 2.86. The predicted molar refractivity (Wildman–Crippen MR) is 159 cm³/mol. The molecule has 2 aromatic carbocycles. The first-order chi connectivity index (χ1) is 18.8. The highest BCUT2D eigenvalue weighted by Crippen LogP contribution is 2.29. The quantitative estimate of drug-likeness (QED) is 0.237. The molecule has 220 valence electrons. The van der Waals surface area contributed by atoms with Crippen LogP contribution in [0.1, 0.15) is 95.9 Å². The zero-order chi connectivity index (χ0) is 29.9. The molecule has 3 amide bonds. The lowest BCUT2D eigenvalue weighted by molar-refractivity contribution is -0.140. The van der Waals surface area contributed by atoms with Crippen LogP contribution in [0, 0.1) is 13.8 Å². The molecule has 0 aliphatic carbocycles. The highest BCUT2D eigenvalue weighted by atomic mass is 16.6. The molecule has 0 aromatic heterocycles. The number of carbonyl (C=O) groups excluding carboxylic acids is 3. The number of anilines is 1. The van der Waals surface area contributed by atoms with Crippen molar-refractivity contribution in [2.45, 2.75) is 105 Å². The Kier molecular flexibility index (Phi) is 12.5. The van der Waals surface area contributed by atoms with Gasteiger partial charge in [0.15, 0.2) is 0 Å². The second kappa shape index (κ2) is 15.3. The van der Waals surface area contributed by atoms with Crippen molar-refractivity contribution in [3.8, 4) is 5.75 Å². The molecule has 2 aromatic rings. The fraction of sp³-hybridized carbons (Fsp3) is 0.531. The molecule has 0 bridgehead atoms. The van der Waals surface area contributed by atoms with Crippen LogP contribution < -0.4 is 10.6 Å². The van der Waals surface area contributed by atoms with E-state index in [2.05, 4.69) is 17.6 Å². The maximum absolute atomic E-state index is 14.0. The number of benzene rings is 2. The van der Waals surface area contributed by atoms with Gasteiger partial charge in [-0.1, -0.05) is 69.4 Å². The van der Waals surface area contributed by atoms with Gasteiger partial charge in [-0.15, -0.1) is 0 Å². The lowest BCUT2D eigenvalue weighted by Crippen LogP contribution is -2.51. The van der Waals surface area contributed by atoms with Crippen molar-refractivity contribution in [1.29, 1.82) is 0 Å². The number of para-hydroxylation sites is 1. The molecule has 40 heavy (non-hydrogen) atoms. The lowest BCUT2D eigenvalue weighted by atomic mass is 10.0. The molecule has 0 fully saturated rings. The summed E-state index contributed by atoms with van der Waals surface area (Å²) in [5, 5.41) is 15.9. The number of unbranched alkanes of at least 4 members (excludes halogenated alkanes) is 5. The molecule has 2 atom stereocenters. The van der Waals surface area contributed by atoms with E-state index in [1.54, 1.807) is 39.8 Å². The van der Waals surface area contributed by atoms with Gasteiger partial charge >= 0.3 is 6.09 Å². The number of aromatic hydroxyl groups is 1. The van der Waals surface area contributed by atoms with Crippen LogP contribution in [0.25, 0.3) is 0 Å². The molecule has 0 aliphatic heterocycles. The summed E-state index contributed by atoms with van der Waals surface area (Å²) in [6.07, 6.45) is 5.34. The Bertz CT molecular complexity index is 1120. The standard InChI is InChI=1S/C32H47N3O5/c1-8-9-10-11-12-13-20-35(30(38)24(4)33-31(39)40-32(5,6)7)28(25-18-15-19-26(36)21-25)29(37)34-27-22(2)16-14-17-23(27)3/h14-19,21,24,28,36H,8-13,20H2,1-7H3,(H,33,39)(H,34,37). The van der Waals surface area contributed by atoms with Gasteiger partial charge in [-0.3, -0.25) is 9.59 Å². The predicted octanol–water partition coefficient (Wildman–Crippen LogP) is 6.79. The highest BCUT2D eigenvalue weighted by Gasteiger charge is 2.35. The van der Waals surface area contributed by atoms with Crippen molar-refractivity contribution in [3.63, 3.8) is 0 Å². The van der Waals surface area contributed by atoms with Crippen molar-refractivity contribution in [2.24, 2.45) is 0 Å². The molecule has 8 nitrogen and oxygen atoms in total. The lowest BCUT2D eigenvalue weighted by Gasteiger charge is -2.34. The molecule has 0 radical (unpaired) electrons. The van der Waals surface area contributed by atoms with Crippen molar-refractivity contribution >= 4 is 23.6 Å². The number of hydrogen-bond acceptors (Lipinski definition) is 5. The fourth-order valence-electron chi connectivity index (χ4n) is 4.59. The molecule has 0 aliphatic rings. The summed E-state index contributed by atoms with van der Waals surface area (Å²) >= 11 is 0. The number of phenolic OH excluding ortho intramolecular Hbond substituents is 1. The number of carbonyl (C=O) groups is 3. The molecular formula is C32H47N3O5. The van der Waals surface area contributed by atoms with Gasteiger partial charge in [-0.05, 0) is 76.8 Å². The molecule has 8 heteroatoms. The van der Waals surface area contributed by atoms with E-state index in [9.17, 15) is 19.5 Å². The van der Waals surface area contributed by atoms with E-state index in [0.717, 1.165) is 43.2 Å². The molecule has 0 saturated heterocycles. The van der Waals surface area contributed by atoms with Gasteiger partial charge in [-0.25, -0.2) is 4.79 Å². The minimum Gasteiger partial charge on any atom is -0.508 e. The van der Waals surface area contributed by atoms with Crippen LogP contribution in [0.2, 0.25) is 0 Å². The van der Waals surface area contributed by atoms with Crippen LogP contribution in [0.5, 0.6) is 5.75 Å². The third-order valence-electron chi connectivity index (χ3n) is 6.61. The van der Waals surface area contributed by atoms with Crippen LogP contribution in [0.15, 0.2) is 42.5 Å². The van der Waals surface area contributed by atoms with E-state index < -0.39 is 35.6 Å². The van der Waals surface area contributed by atoms with E-state index in [-0.39, 0.29) is 5.75 Å². The van der Waals surface area contributed by atoms with Gasteiger partial charge < -0.3 is 25.4 Å². The number of phenols is 1. The summed E-state index contributed by atoms with van der Waals surface area (Å²) in [6.45, 7) is 13.1. The number of alkyl carbamates (subject to hydrolysis) is 1. The summed E-state index contributed by atoms with van der Waals surface area (Å²) in [4.78, 5) is 41.9. The number of nitrogens with one attached hydrogen (secondary N) is 2. The molecule has 2 unspecified atom stereocenters. The van der Waals surface area contributed by atoms with E-state index in [0.29, 0.717) is 24.2 Å². The van der Waals surface area contributed by atoms with Crippen LogP contribution in [-0.4, -0.2) is 46.1 Å². The molecule has 2 rings (SSSR count). The first kappa shape index (κ1) is 32.7. The minimum atomic E-state index is -1.03. The second-order valence-electron chi connectivity index (χ2n) is 11.4. The third-order valence-corrected chi connectivity index (χ3v) is 6.61. The van der Waals surface area contributed by atoms with Gasteiger partial charge in [0.05, 0.1) is 0 Å². The smallest absolute Gasteiger partial charge is 0.408 e. The highest BCUT2D eigenvalue weighted by molar-refractivity contribution is 5.99. The van der Waals surface area contributed by atoms with Crippen molar-refractivity contribution in [2.75, 3.05) is 11.9 Å². The van der Waals surface area contributed by atoms with E-state index in [1.807, 2.05) is 32.0 Å². The summed E-state index contributed by atoms with van der Waals surface area (Å²) in [5.41, 5.74) is 2.24. The Hall–Kier alpha value is -3.55. The number of aryl methyl sites for hydroxylation is 2. The number of rotatable bonds is 13. The summed E-state index contributed by atoms with van der Waals surface area (Å²) in [7, 11) is 0. The minimum absolute atomic E-state index is 0.00531. The zero-order valence-corrected chi connectivity index (χ0v) is 25.2. The summed E-state index contributed by atoms with van der Waals surface area (Å²) < 4.78 is 5.35. The zero-order valence-electron chi connectivity index (χ0n) is 25.2. The Morgan fingerprint density at radius 3 is 2.15 bits per heavy atom. The molecule has 3 N–H and O–H groups in total. The molecule has 0 heterocycles. The van der Waals surface area contributed by atoms with Gasteiger partial charge in [0, 0.05) is 12.2 Å². The monoisotopic (exact) mass is 553 g/mol. The normalized spacial score (nSPS) is 12.8. The van der Waals surface area contributed by atoms with Crippen molar-refractivity contribution in [1.82, 2.24) is 10.2 Å². The van der Waals surface area contributed by atoms with E-state index >= 15 is 0 Å². The summed E-state index contributed by atoms with van der Waals surface area (Å²) in [6, 6.07) is 10.2. The first-order valence-electron chi connectivity index (χ1n) is 14.3. The van der Waals surface area contributed by atoms with Crippen LogP contribution in [0.3, 0.4) is 0 Å². The third kappa shape index (κ3) is 10.2. The molecular weight excluding hydrogens is 506 g/mol. The maximum atomic E-state index is 14.0. The molecule has 0 spiro atoms. The maximum Gasteiger partial charge on any atom is 0.408 e. The van der Waals surface area contributed by atoms with Crippen LogP contribution in [-0.2, 0) is 14.3 Å². The van der Waals surface area contributed by atoms with Gasteiger partial charge in [0.2, 0.25) is 5.91 Å². The van der Waals surface area contributed by atoms with Crippen LogP contribution in [0.4, 0.5) is 10.5 Å². The topological polar surface area (TPSA) is 108 Å². The van der Waals surface area contributed by atoms with E-state index in [4.69, 9.17) is 4.74 Å². The SMILES string of the molecule is CCCCCCCCN(C(=O)C(C)NC(=O)OC(C)(C)C)C(C(=O)Nc1c(C)cccc1C)c1cccc(O)c1. The number of amides is 3. The van der Waals surface area contributed by atoms with Crippen molar-refractivity contribution < 1.29 is 24.2 Å². The number of ether oxygens (including phenoxy) is 1. The average molecular weight is 554 g/mol. The fourth-order valence-corrected chi connectivity index (χ4v) is 4.59. The first-order valence-corrected chi connectivity index (χ1v) is 14.3. The largest absolute Gasteiger partial charge is 0.508 e. The van der Waals surface area contributed by atoms with Gasteiger partial charge in [-0.2, -0.15) is 0 Å². The van der Waals surface area contributed by atoms with Gasteiger partial charge in [0.25, 0.3) is 5.91 Å². The number of hydrogen-bond donors (Lipinski definition) is 3. The van der Waals surface area contributed by atoms with Gasteiger partial charge in [0.1, 0.15) is 23.4 Å². The van der Waals surface area contributed by atoms with E-state index in [1.165, 1.54) is 17.0 Å². The van der Waals surface area contributed by atoms with Crippen LogP contribution >= 0.6 is 0 Å². The number of nitrogens with zero attached hydrogens (tertiary/aromatic N) is 1.